The maximum atomic E-state index is 13.4. The number of hydrogen-bond donors (Lipinski definition) is 0. The number of ether oxygens (including phenoxy) is 1. The first-order chi connectivity index (χ1) is 16.1. The predicted octanol–water partition coefficient (Wildman–Crippen LogP) is 4.33. The molecule has 2 fully saturated rings. The monoisotopic (exact) mass is 446 g/mol. The van der Waals surface area contributed by atoms with Crippen molar-refractivity contribution in [3.8, 4) is 11.1 Å². The van der Waals surface area contributed by atoms with Crippen molar-refractivity contribution in [2.75, 3.05) is 32.8 Å². The molecule has 2 atom stereocenters. The first kappa shape index (κ1) is 23.2. The van der Waals surface area contributed by atoms with Crippen LogP contribution in [0.15, 0.2) is 67.3 Å². The zero-order chi connectivity index (χ0) is 23.0. The smallest absolute Gasteiger partial charge is 0.228 e. The molecule has 2 heterocycles. The highest BCUT2D eigenvalue weighted by molar-refractivity contribution is 5.82. The van der Waals surface area contributed by atoms with E-state index in [4.69, 9.17) is 4.74 Å². The summed E-state index contributed by atoms with van der Waals surface area (Å²) in [6.45, 7) is 6.72. The molecule has 33 heavy (non-hydrogen) atoms. The van der Waals surface area contributed by atoms with Crippen LogP contribution in [0.2, 0.25) is 0 Å². The molecule has 0 spiro atoms. The average Bonchev–Trinajstić information content (AvgIpc) is 3.32. The second-order valence-electron chi connectivity index (χ2n) is 9.05. The highest BCUT2D eigenvalue weighted by Crippen LogP contribution is 2.24. The summed E-state index contributed by atoms with van der Waals surface area (Å²) in [6.07, 6.45) is 5.95. The van der Waals surface area contributed by atoms with Crippen LogP contribution in [0, 0.1) is 5.92 Å². The summed E-state index contributed by atoms with van der Waals surface area (Å²) < 4.78 is 5.69. The Morgan fingerprint density at radius 3 is 2.67 bits per heavy atom. The molecule has 0 saturated carbocycles. The molecule has 2 saturated heterocycles. The number of carbonyl (C=O) groups is 2. The summed E-state index contributed by atoms with van der Waals surface area (Å²) in [4.78, 5) is 30.1. The van der Waals surface area contributed by atoms with Crippen molar-refractivity contribution in [1.29, 1.82) is 0 Å². The molecular weight excluding hydrogens is 412 g/mol. The molecule has 2 aromatic rings. The second-order valence-corrected chi connectivity index (χ2v) is 9.05. The Balaban J connectivity index is 1.48. The van der Waals surface area contributed by atoms with Gasteiger partial charge < -0.3 is 14.5 Å². The van der Waals surface area contributed by atoms with E-state index in [2.05, 4.69) is 36.9 Å². The summed E-state index contributed by atoms with van der Waals surface area (Å²) in [5.41, 5.74) is 3.41. The van der Waals surface area contributed by atoms with Crippen molar-refractivity contribution in [2.45, 2.75) is 38.2 Å². The van der Waals surface area contributed by atoms with Gasteiger partial charge in [-0.1, -0.05) is 60.7 Å². The quantitative estimate of drug-likeness (QED) is 0.567. The summed E-state index contributed by atoms with van der Waals surface area (Å²) in [5, 5.41) is 0. The molecule has 5 nitrogen and oxygen atoms in total. The molecule has 0 aromatic heterocycles. The van der Waals surface area contributed by atoms with Crippen LogP contribution in [0.4, 0.5) is 0 Å². The third-order valence-corrected chi connectivity index (χ3v) is 6.66. The number of nitrogens with zero attached hydrogens (tertiary/aromatic N) is 2. The summed E-state index contributed by atoms with van der Waals surface area (Å²) >= 11 is 0. The number of amides is 2. The van der Waals surface area contributed by atoms with Gasteiger partial charge in [-0.25, -0.2) is 0 Å². The SMILES string of the molecule is C=CCN1CCN(C(=O)CCC2CCCO2)CC(Cc2cccc(-c3ccccc3)c2)C1=O. The topological polar surface area (TPSA) is 49.9 Å². The highest BCUT2D eigenvalue weighted by atomic mass is 16.5. The van der Waals surface area contributed by atoms with E-state index in [0.717, 1.165) is 42.6 Å². The Labute approximate surface area is 197 Å². The number of rotatable bonds is 8. The van der Waals surface area contributed by atoms with Gasteiger partial charge in [0.1, 0.15) is 0 Å². The molecule has 0 N–H and O–H groups in total. The van der Waals surface area contributed by atoms with Gasteiger partial charge in [-0.05, 0) is 42.4 Å². The summed E-state index contributed by atoms with van der Waals surface area (Å²) in [6, 6.07) is 18.6. The van der Waals surface area contributed by atoms with Gasteiger partial charge in [-0.2, -0.15) is 0 Å². The molecule has 0 bridgehead atoms. The molecule has 2 aromatic carbocycles. The van der Waals surface area contributed by atoms with E-state index < -0.39 is 0 Å². The van der Waals surface area contributed by atoms with Crippen molar-refractivity contribution in [1.82, 2.24) is 9.80 Å². The van der Waals surface area contributed by atoms with Gasteiger partial charge in [0.15, 0.2) is 0 Å². The Bertz CT molecular complexity index is 953. The standard InChI is InChI=1S/C28H34N2O3/c1-2-15-29-16-17-30(27(31)14-13-26-12-7-18-33-26)21-25(28(29)32)20-22-8-6-11-24(19-22)23-9-4-3-5-10-23/h2-6,8-11,19,25-26H,1,7,12-18,20-21H2. The predicted molar refractivity (Wildman–Crippen MR) is 131 cm³/mol. The number of carbonyl (C=O) groups excluding carboxylic acids is 2. The van der Waals surface area contributed by atoms with Gasteiger partial charge in [0.2, 0.25) is 11.8 Å². The normalized spacial score (nSPS) is 21.2. The fourth-order valence-electron chi connectivity index (χ4n) is 4.87. The molecule has 2 aliphatic rings. The van der Waals surface area contributed by atoms with E-state index >= 15 is 0 Å². The van der Waals surface area contributed by atoms with Gasteiger partial charge in [-0.3, -0.25) is 9.59 Å². The molecule has 0 aliphatic carbocycles. The lowest BCUT2D eigenvalue weighted by Gasteiger charge is -2.24. The third-order valence-electron chi connectivity index (χ3n) is 6.66. The molecule has 2 aliphatic heterocycles. The van der Waals surface area contributed by atoms with Gasteiger partial charge in [0, 0.05) is 39.2 Å². The minimum Gasteiger partial charge on any atom is -0.378 e. The third kappa shape index (κ3) is 6.11. The van der Waals surface area contributed by atoms with Crippen LogP contribution < -0.4 is 0 Å². The molecule has 2 amide bonds. The summed E-state index contributed by atoms with van der Waals surface area (Å²) in [7, 11) is 0. The Morgan fingerprint density at radius 1 is 1.09 bits per heavy atom. The van der Waals surface area contributed by atoms with Crippen LogP contribution in [0.5, 0.6) is 0 Å². The van der Waals surface area contributed by atoms with Crippen molar-refractivity contribution >= 4 is 11.8 Å². The molecule has 4 rings (SSSR count). The fraction of sp³-hybridized carbons (Fsp3) is 0.429. The molecule has 0 radical (unpaired) electrons. The van der Waals surface area contributed by atoms with Gasteiger partial charge in [0.25, 0.3) is 0 Å². The largest absolute Gasteiger partial charge is 0.378 e. The Morgan fingerprint density at radius 2 is 1.91 bits per heavy atom. The van der Waals surface area contributed by atoms with E-state index in [-0.39, 0.29) is 23.8 Å². The van der Waals surface area contributed by atoms with Crippen LogP contribution in [-0.2, 0) is 20.7 Å². The second kappa shape index (κ2) is 11.3. The van der Waals surface area contributed by atoms with Crippen molar-refractivity contribution in [3.05, 3.63) is 72.8 Å². The Kier molecular flexibility index (Phi) is 7.95. The van der Waals surface area contributed by atoms with E-state index in [0.29, 0.717) is 39.0 Å². The zero-order valence-corrected chi connectivity index (χ0v) is 19.3. The van der Waals surface area contributed by atoms with E-state index in [9.17, 15) is 9.59 Å². The average molecular weight is 447 g/mol. The van der Waals surface area contributed by atoms with Crippen molar-refractivity contribution < 1.29 is 14.3 Å². The van der Waals surface area contributed by atoms with E-state index in [1.165, 1.54) is 0 Å². The lowest BCUT2D eigenvalue weighted by molar-refractivity contribution is -0.134. The molecule has 2 unspecified atom stereocenters. The maximum absolute atomic E-state index is 13.4. The molecule has 5 heteroatoms. The Hall–Kier alpha value is -2.92. The lowest BCUT2D eigenvalue weighted by Crippen LogP contribution is -2.38. The van der Waals surface area contributed by atoms with Crippen LogP contribution in [0.3, 0.4) is 0 Å². The first-order valence-electron chi connectivity index (χ1n) is 12.1. The van der Waals surface area contributed by atoms with E-state index in [1.54, 1.807) is 6.08 Å². The van der Waals surface area contributed by atoms with Gasteiger partial charge in [-0.15, -0.1) is 6.58 Å². The zero-order valence-electron chi connectivity index (χ0n) is 19.3. The lowest BCUT2D eigenvalue weighted by atomic mass is 9.94. The van der Waals surface area contributed by atoms with Gasteiger partial charge in [0.05, 0.1) is 12.0 Å². The van der Waals surface area contributed by atoms with Crippen molar-refractivity contribution in [2.24, 2.45) is 5.92 Å². The van der Waals surface area contributed by atoms with Crippen LogP contribution in [-0.4, -0.2) is 60.5 Å². The fourth-order valence-corrected chi connectivity index (χ4v) is 4.87. The van der Waals surface area contributed by atoms with Crippen LogP contribution in [0.25, 0.3) is 11.1 Å². The number of benzene rings is 2. The maximum Gasteiger partial charge on any atom is 0.228 e. The van der Waals surface area contributed by atoms with Crippen molar-refractivity contribution in [3.63, 3.8) is 0 Å². The minimum atomic E-state index is -0.259. The minimum absolute atomic E-state index is 0.106. The van der Waals surface area contributed by atoms with Crippen LogP contribution in [0.1, 0.15) is 31.2 Å². The number of hydrogen-bond acceptors (Lipinski definition) is 3. The molecular formula is C28H34N2O3. The highest BCUT2D eigenvalue weighted by Gasteiger charge is 2.32. The first-order valence-corrected chi connectivity index (χ1v) is 12.1. The molecule has 174 valence electrons. The van der Waals surface area contributed by atoms with E-state index in [1.807, 2.05) is 34.1 Å². The van der Waals surface area contributed by atoms with Gasteiger partial charge >= 0.3 is 0 Å². The van der Waals surface area contributed by atoms with Crippen LogP contribution >= 0.6 is 0 Å². The summed E-state index contributed by atoms with van der Waals surface area (Å²) in [5.74, 6) is -0.0265.